The van der Waals surface area contributed by atoms with Gasteiger partial charge in [-0.3, -0.25) is 4.79 Å². The average Bonchev–Trinajstić information content (AvgIpc) is 2.72. The number of carbonyl (C=O) groups excluding carboxylic acids is 2. The first-order valence-corrected chi connectivity index (χ1v) is 8.41. The van der Waals surface area contributed by atoms with Crippen LogP contribution in [0.5, 0.6) is 11.5 Å². The number of carbonyl (C=O) groups is 2. The van der Waals surface area contributed by atoms with Gasteiger partial charge in [-0.1, -0.05) is 30.3 Å². The number of amides is 1. The van der Waals surface area contributed by atoms with Crippen molar-refractivity contribution in [3.63, 3.8) is 0 Å². The number of aromatic hydroxyl groups is 1. The van der Waals surface area contributed by atoms with E-state index in [4.69, 9.17) is 4.74 Å². The van der Waals surface area contributed by atoms with Crippen LogP contribution in [0.4, 0.5) is 5.82 Å². The van der Waals surface area contributed by atoms with Crippen LogP contribution >= 0.6 is 0 Å². The number of nitrogens with one attached hydrogen (secondary N) is 1. The number of ether oxygens (including phenoxy) is 2. The summed E-state index contributed by atoms with van der Waals surface area (Å²) in [6.45, 7) is 0.307. The molecule has 7 heteroatoms. The van der Waals surface area contributed by atoms with Gasteiger partial charge >= 0.3 is 5.97 Å². The Morgan fingerprint density at radius 1 is 1.04 bits per heavy atom. The topological polar surface area (TPSA) is 97.8 Å². The molecule has 0 aliphatic heterocycles. The Hall–Kier alpha value is -3.87. The summed E-state index contributed by atoms with van der Waals surface area (Å²) in [7, 11) is 1.28. The van der Waals surface area contributed by atoms with Crippen LogP contribution in [-0.2, 0) is 11.3 Å². The zero-order chi connectivity index (χ0) is 19.9. The van der Waals surface area contributed by atoms with E-state index in [2.05, 4.69) is 15.0 Å². The van der Waals surface area contributed by atoms with E-state index < -0.39 is 11.9 Å². The molecule has 0 unspecified atom stereocenters. The smallest absolute Gasteiger partial charge is 0.339 e. The summed E-state index contributed by atoms with van der Waals surface area (Å²) in [4.78, 5) is 27.9. The lowest BCUT2D eigenvalue weighted by atomic mass is 10.2. The molecule has 3 rings (SSSR count). The first kappa shape index (κ1) is 18.9. The Bertz CT molecular complexity index is 972. The number of aromatic nitrogens is 1. The molecule has 142 valence electrons. The number of methoxy groups -OCH3 is 1. The Morgan fingerprint density at radius 2 is 1.82 bits per heavy atom. The second-order valence-corrected chi connectivity index (χ2v) is 5.87. The van der Waals surface area contributed by atoms with Gasteiger partial charge in [-0.25, -0.2) is 9.78 Å². The van der Waals surface area contributed by atoms with Gasteiger partial charge in [0.05, 0.1) is 12.7 Å². The summed E-state index contributed by atoms with van der Waals surface area (Å²) in [5.74, 6) is -0.460. The molecule has 0 spiro atoms. The molecule has 1 aromatic heterocycles. The third kappa shape index (κ3) is 4.85. The van der Waals surface area contributed by atoms with Crippen molar-refractivity contribution in [3.05, 3.63) is 83.6 Å². The van der Waals surface area contributed by atoms with E-state index in [0.717, 1.165) is 5.56 Å². The van der Waals surface area contributed by atoms with Crippen LogP contribution in [-0.4, -0.2) is 29.1 Å². The van der Waals surface area contributed by atoms with Gasteiger partial charge in [0.25, 0.3) is 5.91 Å². The van der Waals surface area contributed by atoms with Gasteiger partial charge in [0.2, 0.25) is 0 Å². The van der Waals surface area contributed by atoms with E-state index in [0.29, 0.717) is 12.4 Å². The molecule has 3 aromatic rings. The Morgan fingerprint density at radius 3 is 2.50 bits per heavy atom. The average molecular weight is 378 g/mol. The zero-order valence-corrected chi connectivity index (χ0v) is 15.1. The first-order chi connectivity index (χ1) is 13.5. The predicted molar refractivity (Wildman–Crippen MR) is 102 cm³/mol. The number of pyridine rings is 1. The molecule has 0 aliphatic carbocycles. The van der Waals surface area contributed by atoms with Gasteiger partial charge in [-0.15, -0.1) is 0 Å². The molecule has 0 saturated carbocycles. The van der Waals surface area contributed by atoms with Crippen molar-refractivity contribution >= 4 is 17.7 Å². The Kier molecular flexibility index (Phi) is 5.86. The van der Waals surface area contributed by atoms with Crippen LogP contribution < -0.4 is 10.1 Å². The van der Waals surface area contributed by atoms with Gasteiger partial charge in [0, 0.05) is 17.8 Å². The van der Waals surface area contributed by atoms with Crippen molar-refractivity contribution in [2.24, 2.45) is 0 Å². The Labute approximate surface area is 161 Å². The number of phenols is 1. The molecule has 0 radical (unpaired) electrons. The molecular weight excluding hydrogens is 360 g/mol. The monoisotopic (exact) mass is 378 g/mol. The molecular formula is C21H18N2O5. The minimum Gasteiger partial charge on any atom is -0.508 e. The lowest BCUT2D eigenvalue weighted by molar-refractivity contribution is 0.0600. The molecule has 0 saturated heterocycles. The molecule has 1 amide bonds. The van der Waals surface area contributed by atoms with Crippen LogP contribution in [0.1, 0.15) is 26.3 Å². The molecule has 28 heavy (non-hydrogen) atoms. The van der Waals surface area contributed by atoms with Crippen LogP contribution in [0.25, 0.3) is 0 Å². The predicted octanol–water partition coefficient (Wildman–Crippen LogP) is 3.41. The number of phenolic OH excluding ortho intramolecular Hbond substituents is 1. The van der Waals surface area contributed by atoms with E-state index in [9.17, 15) is 14.7 Å². The van der Waals surface area contributed by atoms with Crippen LogP contribution in [0.15, 0.2) is 66.9 Å². The summed E-state index contributed by atoms with van der Waals surface area (Å²) in [5.41, 5.74) is 1.45. The molecule has 7 nitrogen and oxygen atoms in total. The van der Waals surface area contributed by atoms with Crippen molar-refractivity contribution in [1.82, 2.24) is 4.98 Å². The normalized spacial score (nSPS) is 10.2. The van der Waals surface area contributed by atoms with Crippen LogP contribution in [0, 0.1) is 0 Å². The number of hydrogen-bond acceptors (Lipinski definition) is 6. The highest BCUT2D eigenvalue weighted by Gasteiger charge is 2.12. The maximum absolute atomic E-state index is 12.5. The van der Waals surface area contributed by atoms with E-state index in [1.54, 1.807) is 0 Å². The maximum Gasteiger partial charge on any atom is 0.339 e. The number of benzene rings is 2. The largest absolute Gasteiger partial charge is 0.508 e. The third-order valence-corrected chi connectivity index (χ3v) is 3.83. The first-order valence-electron chi connectivity index (χ1n) is 8.41. The standard InChI is InChI=1S/C21H18N2O5/c1-27-21(26)15-7-8-19(22-12-15)23-20(25)16-9-17(24)11-18(10-16)28-13-14-5-3-2-4-6-14/h2-12,24H,13H2,1H3,(H,22,23,25). The van der Waals surface area contributed by atoms with Gasteiger partial charge in [0.15, 0.2) is 0 Å². The van der Waals surface area contributed by atoms with Gasteiger partial charge in [-0.05, 0) is 29.8 Å². The van der Waals surface area contributed by atoms with Crippen molar-refractivity contribution < 1.29 is 24.2 Å². The van der Waals surface area contributed by atoms with Crippen molar-refractivity contribution in [2.75, 3.05) is 12.4 Å². The highest BCUT2D eigenvalue weighted by Crippen LogP contribution is 2.23. The second-order valence-electron chi connectivity index (χ2n) is 5.87. The van der Waals surface area contributed by atoms with Gasteiger partial charge in [-0.2, -0.15) is 0 Å². The van der Waals surface area contributed by atoms with Crippen LogP contribution in [0.3, 0.4) is 0 Å². The minimum atomic E-state index is -0.515. The SMILES string of the molecule is COC(=O)c1ccc(NC(=O)c2cc(O)cc(OCc3ccccc3)c2)nc1. The van der Waals surface area contributed by atoms with E-state index in [1.807, 2.05) is 30.3 Å². The van der Waals surface area contributed by atoms with Crippen LogP contribution in [0.2, 0.25) is 0 Å². The number of rotatable bonds is 6. The van der Waals surface area contributed by atoms with Gasteiger partial charge < -0.3 is 19.9 Å². The Balaban J connectivity index is 1.69. The number of nitrogens with zero attached hydrogens (tertiary/aromatic N) is 1. The summed E-state index contributed by atoms with van der Waals surface area (Å²) < 4.78 is 10.3. The van der Waals surface area contributed by atoms with Crippen molar-refractivity contribution in [2.45, 2.75) is 6.61 Å². The zero-order valence-electron chi connectivity index (χ0n) is 15.1. The fourth-order valence-corrected chi connectivity index (χ4v) is 2.43. The minimum absolute atomic E-state index is 0.0929. The molecule has 0 aliphatic rings. The van der Waals surface area contributed by atoms with Gasteiger partial charge in [0.1, 0.15) is 23.9 Å². The number of anilines is 1. The fraction of sp³-hybridized carbons (Fsp3) is 0.0952. The highest BCUT2D eigenvalue weighted by molar-refractivity contribution is 6.04. The van der Waals surface area contributed by atoms with E-state index in [-0.39, 0.29) is 22.7 Å². The summed E-state index contributed by atoms with van der Waals surface area (Å²) in [6.07, 6.45) is 1.30. The molecule has 2 aromatic carbocycles. The summed E-state index contributed by atoms with van der Waals surface area (Å²) >= 11 is 0. The highest BCUT2D eigenvalue weighted by atomic mass is 16.5. The maximum atomic E-state index is 12.5. The van der Waals surface area contributed by atoms with Crippen molar-refractivity contribution in [1.29, 1.82) is 0 Å². The molecule has 0 bridgehead atoms. The molecule has 2 N–H and O–H groups in total. The van der Waals surface area contributed by atoms with E-state index >= 15 is 0 Å². The number of esters is 1. The summed E-state index contributed by atoms with van der Waals surface area (Å²) in [6, 6.07) is 16.8. The number of hydrogen-bond donors (Lipinski definition) is 2. The second kappa shape index (κ2) is 8.68. The molecule has 1 heterocycles. The van der Waals surface area contributed by atoms with Crippen molar-refractivity contribution in [3.8, 4) is 11.5 Å². The molecule has 0 fully saturated rings. The quantitative estimate of drug-likeness (QED) is 0.638. The van der Waals surface area contributed by atoms with E-state index in [1.165, 1.54) is 43.6 Å². The molecule has 0 atom stereocenters. The fourth-order valence-electron chi connectivity index (χ4n) is 2.43. The third-order valence-electron chi connectivity index (χ3n) is 3.83. The lowest BCUT2D eigenvalue weighted by Crippen LogP contribution is -2.13. The lowest BCUT2D eigenvalue weighted by Gasteiger charge is -2.10. The summed E-state index contributed by atoms with van der Waals surface area (Å²) in [5, 5.41) is 12.5.